The summed E-state index contributed by atoms with van der Waals surface area (Å²) in [5.41, 5.74) is 8.78. The van der Waals surface area contributed by atoms with Gasteiger partial charge < -0.3 is 10.5 Å². The molecule has 0 bridgehead atoms. The van der Waals surface area contributed by atoms with Crippen LogP contribution in [0.5, 0.6) is 0 Å². The first kappa shape index (κ1) is 13.6. The summed E-state index contributed by atoms with van der Waals surface area (Å²) in [5.74, 6) is 0.591. The number of rotatable bonds is 6. The number of ether oxygens (including phenoxy) is 1. The highest BCUT2D eigenvalue weighted by Crippen LogP contribution is 2.40. The van der Waals surface area contributed by atoms with E-state index in [-0.39, 0.29) is 5.41 Å². The summed E-state index contributed by atoms with van der Waals surface area (Å²) >= 11 is 0. The van der Waals surface area contributed by atoms with Gasteiger partial charge in [0.15, 0.2) is 0 Å². The van der Waals surface area contributed by atoms with Gasteiger partial charge in [0.05, 0.1) is 13.2 Å². The van der Waals surface area contributed by atoms with Gasteiger partial charge in [-0.2, -0.15) is 0 Å². The fourth-order valence-corrected chi connectivity index (χ4v) is 2.88. The molecule has 1 aromatic rings. The van der Waals surface area contributed by atoms with E-state index >= 15 is 0 Å². The minimum Gasteiger partial charge on any atom is -0.379 e. The Balaban J connectivity index is 2.16. The van der Waals surface area contributed by atoms with E-state index in [1.54, 1.807) is 0 Å². The third-order valence-electron chi connectivity index (χ3n) is 4.33. The number of hydrogen-bond acceptors (Lipinski definition) is 2. The van der Waals surface area contributed by atoms with Gasteiger partial charge in [-0.1, -0.05) is 44.5 Å². The summed E-state index contributed by atoms with van der Waals surface area (Å²) in [6.07, 6.45) is 3.44. The minimum atomic E-state index is 0.212. The molecule has 1 saturated heterocycles. The molecule has 0 spiro atoms. The van der Waals surface area contributed by atoms with Crippen molar-refractivity contribution in [2.75, 3.05) is 19.8 Å². The molecule has 1 atom stereocenters. The number of hydrogen-bond donors (Lipinski definition) is 1. The van der Waals surface area contributed by atoms with E-state index in [0.29, 0.717) is 5.92 Å². The highest BCUT2D eigenvalue weighted by Gasteiger charge is 2.44. The van der Waals surface area contributed by atoms with Crippen LogP contribution in [0.4, 0.5) is 0 Å². The van der Waals surface area contributed by atoms with Crippen LogP contribution < -0.4 is 5.73 Å². The highest BCUT2D eigenvalue weighted by molar-refractivity contribution is 5.32. The largest absolute Gasteiger partial charge is 0.379 e. The Bertz CT molecular complexity index is 367. The van der Waals surface area contributed by atoms with Gasteiger partial charge in [-0.25, -0.2) is 0 Å². The standard InChI is InChI=1S/C16H25NO/c1-3-4-14-5-7-15(8-6-14)16(11-18-12-16)13(2)9-10-17/h5-8,13H,3-4,9-12,17H2,1-2H3. The monoisotopic (exact) mass is 247 g/mol. The van der Waals surface area contributed by atoms with Gasteiger partial charge in [0.1, 0.15) is 0 Å². The predicted octanol–water partition coefficient (Wildman–Crippen LogP) is 2.89. The van der Waals surface area contributed by atoms with E-state index in [1.165, 1.54) is 24.0 Å². The quantitative estimate of drug-likeness (QED) is 0.839. The molecule has 0 aromatic heterocycles. The highest BCUT2D eigenvalue weighted by atomic mass is 16.5. The molecule has 2 rings (SSSR count). The lowest BCUT2D eigenvalue weighted by atomic mass is 9.68. The molecule has 0 radical (unpaired) electrons. The van der Waals surface area contributed by atoms with Crippen molar-refractivity contribution < 1.29 is 4.74 Å². The molecule has 2 heteroatoms. The summed E-state index contributed by atoms with van der Waals surface area (Å²) in [6.45, 7) is 6.98. The van der Waals surface area contributed by atoms with Gasteiger partial charge in [-0.3, -0.25) is 0 Å². The Hall–Kier alpha value is -0.860. The molecule has 1 aliphatic rings. The van der Waals surface area contributed by atoms with Gasteiger partial charge in [-0.05, 0) is 36.4 Å². The maximum absolute atomic E-state index is 5.71. The van der Waals surface area contributed by atoms with Crippen molar-refractivity contribution >= 4 is 0 Å². The van der Waals surface area contributed by atoms with E-state index < -0.39 is 0 Å². The van der Waals surface area contributed by atoms with E-state index in [4.69, 9.17) is 10.5 Å². The normalized spacial score (nSPS) is 19.3. The topological polar surface area (TPSA) is 35.2 Å². The molecule has 1 aliphatic heterocycles. The van der Waals surface area contributed by atoms with Crippen molar-refractivity contribution in [1.82, 2.24) is 0 Å². The molecule has 1 heterocycles. The van der Waals surface area contributed by atoms with Gasteiger partial charge >= 0.3 is 0 Å². The Morgan fingerprint density at radius 3 is 2.39 bits per heavy atom. The van der Waals surface area contributed by atoms with E-state index in [9.17, 15) is 0 Å². The van der Waals surface area contributed by atoms with Crippen LogP contribution in [0.1, 0.15) is 37.8 Å². The average molecular weight is 247 g/mol. The summed E-state index contributed by atoms with van der Waals surface area (Å²) in [6, 6.07) is 9.13. The van der Waals surface area contributed by atoms with Crippen LogP contribution in [0.3, 0.4) is 0 Å². The van der Waals surface area contributed by atoms with Gasteiger partial charge in [0, 0.05) is 5.41 Å². The zero-order valence-corrected chi connectivity index (χ0v) is 11.6. The van der Waals surface area contributed by atoms with Crippen molar-refractivity contribution in [3.05, 3.63) is 35.4 Å². The molecule has 1 fully saturated rings. The predicted molar refractivity (Wildman–Crippen MR) is 75.8 cm³/mol. The summed E-state index contributed by atoms with van der Waals surface area (Å²) in [4.78, 5) is 0. The van der Waals surface area contributed by atoms with Crippen LogP contribution in [0.25, 0.3) is 0 Å². The Morgan fingerprint density at radius 1 is 1.28 bits per heavy atom. The van der Waals surface area contributed by atoms with Crippen molar-refractivity contribution in [3.63, 3.8) is 0 Å². The molecular formula is C16H25NO. The lowest BCUT2D eigenvalue weighted by Crippen LogP contribution is -2.52. The van der Waals surface area contributed by atoms with Crippen LogP contribution in [-0.4, -0.2) is 19.8 Å². The first-order valence-electron chi connectivity index (χ1n) is 7.10. The first-order valence-corrected chi connectivity index (χ1v) is 7.10. The molecule has 2 nitrogen and oxygen atoms in total. The second-order valence-electron chi connectivity index (χ2n) is 5.57. The molecule has 2 N–H and O–H groups in total. The summed E-state index contributed by atoms with van der Waals surface area (Å²) in [5, 5.41) is 0. The fraction of sp³-hybridized carbons (Fsp3) is 0.625. The van der Waals surface area contributed by atoms with Crippen molar-refractivity contribution in [2.24, 2.45) is 11.7 Å². The van der Waals surface area contributed by atoms with Crippen LogP contribution in [0.15, 0.2) is 24.3 Å². The summed E-state index contributed by atoms with van der Waals surface area (Å²) in [7, 11) is 0. The Labute approximate surface area is 111 Å². The smallest absolute Gasteiger partial charge is 0.0588 e. The van der Waals surface area contributed by atoms with Crippen molar-refractivity contribution in [3.8, 4) is 0 Å². The second kappa shape index (κ2) is 5.85. The lowest BCUT2D eigenvalue weighted by Gasteiger charge is -2.46. The molecule has 18 heavy (non-hydrogen) atoms. The Morgan fingerprint density at radius 2 is 1.94 bits per heavy atom. The minimum absolute atomic E-state index is 0.212. The van der Waals surface area contributed by atoms with Crippen molar-refractivity contribution in [2.45, 2.75) is 38.5 Å². The van der Waals surface area contributed by atoms with Gasteiger partial charge in [0.2, 0.25) is 0 Å². The number of nitrogens with two attached hydrogens (primary N) is 1. The Kier molecular flexibility index (Phi) is 4.41. The third-order valence-corrected chi connectivity index (χ3v) is 4.33. The first-order chi connectivity index (χ1) is 8.73. The molecular weight excluding hydrogens is 222 g/mol. The van der Waals surface area contributed by atoms with Gasteiger partial charge in [-0.15, -0.1) is 0 Å². The zero-order chi connectivity index (χ0) is 13.0. The summed E-state index contributed by atoms with van der Waals surface area (Å²) < 4.78 is 5.50. The van der Waals surface area contributed by atoms with Crippen LogP contribution in [0.2, 0.25) is 0 Å². The van der Waals surface area contributed by atoms with Gasteiger partial charge in [0.25, 0.3) is 0 Å². The maximum atomic E-state index is 5.71. The van der Waals surface area contributed by atoms with E-state index in [0.717, 1.165) is 26.2 Å². The molecule has 100 valence electrons. The molecule has 0 saturated carbocycles. The van der Waals surface area contributed by atoms with Crippen LogP contribution >= 0.6 is 0 Å². The molecule has 1 unspecified atom stereocenters. The number of aryl methyl sites for hydroxylation is 1. The lowest BCUT2D eigenvalue weighted by molar-refractivity contribution is -0.0883. The number of benzene rings is 1. The fourth-order valence-electron chi connectivity index (χ4n) is 2.88. The van der Waals surface area contributed by atoms with E-state index in [1.807, 2.05) is 0 Å². The maximum Gasteiger partial charge on any atom is 0.0588 e. The van der Waals surface area contributed by atoms with Crippen LogP contribution in [-0.2, 0) is 16.6 Å². The molecule has 1 aromatic carbocycles. The SMILES string of the molecule is CCCc1ccc(C2(C(C)CCN)COC2)cc1. The third kappa shape index (κ3) is 2.45. The van der Waals surface area contributed by atoms with E-state index in [2.05, 4.69) is 38.1 Å². The second-order valence-corrected chi connectivity index (χ2v) is 5.57. The molecule has 0 aliphatic carbocycles. The van der Waals surface area contributed by atoms with Crippen LogP contribution in [0, 0.1) is 5.92 Å². The molecule has 0 amide bonds. The van der Waals surface area contributed by atoms with Crippen molar-refractivity contribution in [1.29, 1.82) is 0 Å². The average Bonchev–Trinajstić information content (AvgIpc) is 2.30. The zero-order valence-electron chi connectivity index (χ0n) is 11.6.